The lowest BCUT2D eigenvalue weighted by molar-refractivity contribution is -0.239. The SMILES string of the molecule is O=C1Nc2ccc(Cl)cc2[C@@](C#CC2(O)CC2)(C(F)(F)F)O1. The lowest BCUT2D eigenvalue weighted by Gasteiger charge is -2.35. The molecular weight excluding hydrogens is 323 g/mol. The highest BCUT2D eigenvalue weighted by molar-refractivity contribution is 6.30. The molecule has 1 amide bonds. The number of anilines is 1. The van der Waals surface area contributed by atoms with Gasteiger partial charge >= 0.3 is 12.3 Å². The van der Waals surface area contributed by atoms with Gasteiger partial charge in [-0.1, -0.05) is 17.5 Å². The average molecular weight is 332 g/mol. The van der Waals surface area contributed by atoms with Crippen molar-refractivity contribution in [2.75, 3.05) is 5.32 Å². The molecule has 116 valence electrons. The number of ether oxygens (including phenoxy) is 1. The third-order valence-electron chi connectivity index (χ3n) is 3.44. The number of benzene rings is 1. The van der Waals surface area contributed by atoms with Crippen LogP contribution in [0.4, 0.5) is 23.7 Å². The van der Waals surface area contributed by atoms with Crippen LogP contribution in [0.15, 0.2) is 18.2 Å². The minimum Gasteiger partial charge on any atom is -0.415 e. The van der Waals surface area contributed by atoms with Crippen molar-refractivity contribution in [3.63, 3.8) is 0 Å². The van der Waals surface area contributed by atoms with Crippen LogP contribution in [0.5, 0.6) is 0 Å². The van der Waals surface area contributed by atoms with E-state index in [0.717, 1.165) is 6.07 Å². The summed E-state index contributed by atoms with van der Waals surface area (Å²) in [6.07, 6.45) is -5.71. The number of hydrogen-bond donors (Lipinski definition) is 2. The summed E-state index contributed by atoms with van der Waals surface area (Å²) in [4.78, 5) is 11.5. The van der Waals surface area contributed by atoms with E-state index in [1.54, 1.807) is 0 Å². The van der Waals surface area contributed by atoms with Crippen LogP contribution in [0.25, 0.3) is 0 Å². The van der Waals surface area contributed by atoms with Gasteiger partial charge in [-0.25, -0.2) is 4.79 Å². The Morgan fingerprint density at radius 1 is 1.32 bits per heavy atom. The standard InChI is InChI=1S/C14H9ClF3NO3/c15-8-1-2-10-9(7-8)13(14(16,17)18,22-11(20)19-10)6-5-12(21)3-4-12/h1-2,7,21H,3-4H2,(H,19,20)/t13-/m0/s1. The first-order chi connectivity index (χ1) is 10.2. The lowest BCUT2D eigenvalue weighted by Crippen LogP contribution is -2.49. The molecule has 0 aromatic heterocycles. The summed E-state index contributed by atoms with van der Waals surface area (Å²) >= 11 is 5.76. The van der Waals surface area contributed by atoms with Gasteiger partial charge in [0.15, 0.2) is 0 Å². The number of aliphatic hydroxyl groups is 1. The Labute approximate surface area is 128 Å². The van der Waals surface area contributed by atoms with Gasteiger partial charge in [0, 0.05) is 10.6 Å². The number of nitrogens with one attached hydrogen (secondary N) is 1. The van der Waals surface area contributed by atoms with E-state index < -0.39 is 29.0 Å². The van der Waals surface area contributed by atoms with Crippen LogP contribution in [0.3, 0.4) is 0 Å². The summed E-state index contributed by atoms with van der Waals surface area (Å²) in [6, 6.07) is 3.62. The molecule has 1 aliphatic heterocycles. The molecule has 1 atom stereocenters. The van der Waals surface area contributed by atoms with Crippen LogP contribution in [-0.4, -0.2) is 23.0 Å². The topological polar surface area (TPSA) is 58.6 Å². The number of cyclic esters (lactones) is 1. The highest BCUT2D eigenvalue weighted by atomic mass is 35.5. The van der Waals surface area contributed by atoms with Crippen LogP contribution in [0, 0.1) is 11.8 Å². The van der Waals surface area contributed by atoms with Gasteiger partial charge in [-0.05, 0) is 37.0 Å². The van der Waals surface area contributed by atoms with Crippen LogP contribution in [-0.2, 0) is 10.3 Å². The van der Waals surface area contributed by atoms with E-state index in [-0.39, 0.29) is 23.6 Å². The summed E-state index contributed by atoms with van der Waals surface area (Å²) in [7, 11) is 0. The summed E-state index contributed by atoms with van der Waals surface area (Å²) in [5.74, 6) is 4.09. The quantitative estimate of drug-likeness (QED) is 0.718. The summed E-state index contributed by atoms with van der Waals surface area (Å²) in [5.41, 5.74) is -5.11. The van der Waals surface area contributed by atoms with Crippen molar-refractivity contribution in [1.29, 1.82) is 0 Å². The number of fused-ring (bicyclic) bond motifs is 1. The number of carbonyl (C=O) groups excluding carboxylic acids is 1. The lowest BCUT2D eigenvalue weighted by atomic mass is 9.90. The Hall–Kier alpha value is -1.91. The van der Waals surface area contributed by atoms with Crippen molar-refractivity contribution in [2.24, 2.45) is 0 Å². The molecule has 1 aromatic rings. The van der Waals surface area contributed by atoms with E-state index in [9.17, 15) is 23.1 Å². The van der Waals surface area contributed by atoms with E-state index in [1.165, 1.54) is 12.1 Å². The van der Waals surface area contributed by atoms with Gasteiger partial charge in [0.25, 0.3) is 5.60 Å². The first-order valence-corrected chi connectivity index (χ1v) is 6.67. The molecule has 1 heterocycles. The van der Waals surface area contributed by atoms with Crippen molar-refractivity contribution < 1.29 is 27.8 Å². The molecule has 1 saturated carbocycles. The molecule has 1 aromatic carbocycles. The molecule has 0 unspecified atom stereocenters. The maximum atomic E-state index is 13.6. The molecule has 0 spiro atoms. The smallest absolute Gasteiger partial charge is 0.415 e. The Morgan fingerprint density at radius 2 is 2.00 bits per heavy atom. The highest BCUT2D eigenvalue weighted by Crippen LogP contribution is 2.48. The fourth-order valence-corrected chi connectivity index (χ4v) is 2.24. The fourth-order valence-electron chi connectivity index (χ4n) is 2.07. The first kappa shape index (κ1) is 15.0. The first-order valence-electron chi connectivity index (χ1n) is 6.29. The zero-order valence-electron chi connectivity index (χ0n) is 10.9. The molecule has 0 saturated heterocycles. The summed E-state index contributed by atoms with van der Waals surface area (Å²) in [5, 5.41) is 11.9. The minimum absolute atomic E-state index is 0.0408. The van der Waals surface area contributed by atoms with E-state index in [2.05, 4.69) is 16.0 Å². The van der Waals surface area contributed by atoms with Crippen molar-refractivity contribution in [3.8, 4) is 11.8 Å². The van der Waals surface area contributed by atoms with Crippen LogP contribution in [0.1, 0.15) is 18.4 Å². The largest absolute Gasteiger partial charge is 0.445 e. The molecular formula is C14H9ClF3NO3. The van der Waals surface area contributed by atoms with Gasteiger partial charge in [0.05, 0.1) is 5.69 Å². The Bertz CT molecular complexity index is 718. The van der Waals surface area contributed by atoms with E-state index in [0.29, 0.717) is 0 Å². The van der Waals surface area contributed by atoms with Crippen molar-refractivity contribution in [1.82, 2.24) is 0 Å². The summed E-state index contributed by atoms with van der Waals surface area (Å²) in [6.45, 7) is 0. The van der Waals surface area contributed by atoms with E-state index in [4.69, 9.17) is 11.6 Å². The van der Waals surface area contributed by atoms with Gasteiger partial charge in [-0.3, -0.25) is 5.32 Å². The number of rotatable bonds is 0. The highest BCUT2D eigenvalue weighted by Gasteiger charge is 2.62. The van der Waals surface area contributed by atoms with Crippen LogP contribution >= 0.6 is 11.6 Å². The second-order valence-corrected chi connectivity index (χ2v) is 5.60. The Morgan fingerprint density at radius 3 is 2.59 bits per heavy atom. The second-order valence-electron chi connectivity index (χ2n) is 5.16. The zero-order chi connectivity index (χ0) is 16.2. The molecule has 8 heteroatoms. The number of alkyl halides is 3. The van der Waals surface area contributed by atoms with Crippen molar-refractivity contribution >= 4 is 23.4 Å². The normalized spacial score (nSPS) is 25.2. The van der Waals surface area contributed by atoms with Crippen molar-refractivity contribution in [3.05, 3.63) is 28.8 Å². The molecule has 1 fully saturated rings. The van der Waals surface area contributed by atoms with E-state index in [1.807, 2.05) is 5.92 Å². The number of amides is 1. The Balaban J connectivity index is 2.23. The van der Waals surface area contributed by atoms with Gasteiger partial charge in [0.1, 0.15) is 5.60 Å². The molecule has 1 aliphatic carbocycles. The van der Waals surface area contributed by atoms with E-state index >= 15 is 0 Å². The van der Waals surface area contributed by atoms with Crippen LogP contribution < -0.4 is 5.32 Å². The molecule has 2 N–H and O–H groups in total. The predicted molar refractivity (Wildman–Crippen MR) is 71.2 cm³/mol. The maximum absolute atomic E-state index is 13.6. The Kier molecular flexibility index (Phi) is 3.10. The van der Waals surface area contributed by atoms with Crippen LogP contribution in [0.2, 0.25) is 5.02 Å². The molecule has 4 nitrogen and oxygen atoms in total. The molecule has 0 radical (unpaired) electrons. The zero-order valence-corrected chi connectivity index (χ0v) is 11.7. The molecule has 0 bridgehead atoms. The van der Waals surface area contributed by atoms with Gasteiger partial charge in [0.2, 0.25) is 0 Å². The molecule has 2 aliphatic rings. The molecule has 22 heavy (non-hydrogen) atoms. The monoisotopic (exact) mass is 331 g/mol. The van der Waals surface area contributed by atoms with Gasteiger partial charge in [-0.2, -0.15) is 13.2 Å². The van der Waals surface area contributed by atoms with Crippen molar-refractivity contribution in [2.45, 2.75) is 30.2 Å². The number of hydrogen-bond acceptors (Lipinski definition) is 3. The number of carbonyl (C=O) groups is 1. The third-order valence-corrected chi connectivity index (χ3v) is 3.67. The second kappa shape index (κ2) is 4.54. The summed E-state index contributed by atoms with van der Waals surface area (Å²) < 4.78 is 45.5. The minimum atomic E-state index is -5.00. The fraction of sp³-hybridized carbons (Fsp3) is 0.357. The predicted octanol–water partition coefficient (Wildman–Crippen LogP) is 3.19. The third kappa shape index (κ3) is 2.38. The van der Waals surface area contributed by atoms with Gasteiger partial charge < -0.3 is 9.84 Å². The molecule has 3 rings (SSSR count). The van der Waals surface area contributed by atoms with Gasteiger partial charge in [-0.15, -0.1) is 0 Å². The number of halogens is 4. The maximum Gasteiger partial charge on any atom is 0.445 e. The average Bonchev–Trinajstić information content (AvgIpc) is 3.14.